The van der Waals surface area contributed by atoms with Crippen LogP contribution in [0.3, 0.4) is 0 Å². The van der Waals surface area contributed by atoms with Gasteiger partial charge in [0.1, 0.15) is 6.10 Å². The summed E-state index contributed by atoms with van der Waals surface area (Å²) >= 11 is 0. The number of ether oxygens (including phenoxy) is 1. The van der Waals surface area contributed by atoms with Gasteiger partial charge in [-0.25, -0.2) is 0 Å². The Kier molecular flexibility index (Phi) is 8.94. The molecule has 0 radical (unpaired) electrons. The number of Topliss-reactive ketones (excluding diaryl/α,β-unsaturated/α-hetero) is 1. The number of ketones is 1. The zero-order chi connectivity index (χ0) is 21.8. The van der Waals surface area contributed by atoms with E-state index in [9.17, 15) is 9.59 Å². The minimum atomic E-state index is -0.385. The molecule has 3 aliphatic heterocycles. The van der Waals surface area contributed by atoms with Crippen molar-refractivity contribution in [2.45, 2.75) is 38.8 Å². The van der Waals surface area contributed by atoms with Gasteiger partial charge in [-0.05, 0) is 51.0 Å². The molecular formula is C24H37ClN4O3. The second-order valence-electron chi connectivity index (χ2n) is 9.19. The van der Waals surface area contributed by atoms with Crippen LogP contribution in [-0.2, 0) is 9.53 Å². The highest BCUT2D eigenvalue weighted by Gasteiger charge is 2.31. The van der Waals surface area contributed by atoms with Crippen LogP contribution in [0.25, 0.3) is 0 Å². The van der Waals surface area contributed by atoms with E-state index in [1.54, 1.807) is 0 Å². The van der Waals surface area contributed by atoms with Crippen molar-refractivity contribution < 1.29 is 14.3 Å². The molecule has 3 fully saturated rings. The van der Waals surface area contributed by atoms with Gasteiger partial charge < -0.3 is 19.9 Å². The molecule has 3 heterocycles. The molecule has 1 amide bonds. The zero-order valence-electron chi connectivity index (χ0n) is 19.3. The van der Waals surface area contributed by atoms with E-state index in [1.807, 2.05) is 24.3 Å². The van der Waals surface area contributed by atoms with E-state index >= 15 is 0 Å². The van der Waals surface area contributed by atoms with Gasteiger partial charge in [0, 0.05) is 75.6 Å². The number of carbonyl (C=O) groups excluding carboxylic acids is 2. The van der Waals surface area contributed by atoms with E-state index in [4.69, 9.17) is 4.74 Å². The summed E-state index contributed by atoms with van der Waals surface area (Å²) in [6.07, 6.45) is 1.40. The highest BCUT2D eigenvalue weighted by atomic mass is 35.5. The van der Waals surface area contributed by atoms with Crippen LogP contribution in [0.2, 0.25) is 0 Å². The molecule has 0 bridgehead atoms. The van der Waals surface area contributed by atoms with Crippen molar-refractivity contribution >= 4 is 29.8 Å². The summed E-state index contributed by atoms with van der Waals surface area (Å²) in [6, 6.07) is 8.41. The van der Waals surface area contributed by atoms with Crippen LogP contribution < -0.4 is 10.2 Å². The van der Waals surface area contributed by atoms with Gasteiger partial charge in [0.2, 0.25) is 5.91 Å². The molecule has 178 valence electrons. The van der Waals surface area contributed by atoms with Crippen LogP contribution >= 0.6 is 12.4 Å². The topological polar surface area (TPSA) is 65.1 Å². The van der Waals surface area contributed by atoms with Crippen molar-refractivity contribution in [3.63, 3.8) is 0 Å². The number of morpholine rings is 1. The normalized spacial score (nSPS) is 23.2. The van der Waals surface area contributed by atoms with Crippen molar-refractivity contribution in [1.29, 1.82) is 0 Å². The Labute approximate surface area is 197 Å². The maximum absolute atomic E-state index is 13.0. The van der Waals surface area contributed by atoms with E-state index < -0.39 is 0 Å². The lowest BCUT2D eigenvalue weighted by Crippen LogP contribution is -2.53. The minimum absolute atomic E-state index is 0. The van der Waals surface area contributed by atoms with Crippen LogP contribution in [0.15, 0.2) is 24.3 Å². The third kappa shape index (κ3) is 5.81. The molecule has 32 heavy (non-hydrogen) atoms. The second-order valence-corrected chi connectivity index (χ2v) is 9.19. The molecule has 1 N–H and O–H groups in total. The van der Waals surface area contributed by atoms with E-state index in [-0.39, 0.29) is 30.2 Å². The first-order valence-electron chi connectivity index (χ1n) is 11.8. The number of hydrogen-bond donors (Lipinski definition) is 1. The molecule has 0 aliphatic carbocycles. The van der Waals surface area contributed by atoms with Crippen LogP contribution in [-0.4, -0.2) is 92.6 Å². The number of benzene rings is 1. The van der Waals surface area contributed by atoms with Crippen LogP contribution in [0.4, 0.5) is 5.69 Å². The van der Waals surface area contributed by atoms with Crippen molar-refractivity contribution in [2.75, 3.05) is 63.9 Å². The van der Waals surface area contributed by atoms with Crippen LogP contribution in [0, 0.1) is 5.92 Å². The summed E-state index contributed by atoms with van der Waals surface area (Å²) in [5.74, 6) is 0.518. The first-order chi connectivity index (χ1) is 15.0. The SMILES string of the molecule is CC(C)N1CCN(C(=O)C2CCN(c3ccc(C(=O)C4CNCCO4)cc3)CC2)CC1.Cl. The van der Waals surface area contributed by atoms with Crippen molar-refractivity contribution in [2.24, 2.45) is 5.92 Å². The van der Waals surface area contributed by atoms with Crippen LogP contribution in [0.1, 0.15) is 37.0 Å². The highest BCUT2D eigenvalue weighted by Crippen LogP contribution is 2.26. The summed E-state index contributed by atoms with van der Waals surface area (Å²) in [7, 11) is 0. The Morgan fingerprint density at radius 1 is 1.00 bits per heavy atom. The lowest BCUT2D eigenvalue weighted by molar-refractivity contribution is -0.138. The Morgan fingerprint density at radius 2 is 1.66 bits per heavy atom. The summed E-state index contributed by atoms with van der Waals surface area (Å²) in [5.41, 5.74) is 1.82. The molecular weight excluding hydrogens is 428 g/mol. The summed E-state index contributed by atoms with van der Waals surface area (Å²) in [4.78, 5) is 32.4. The van der Waals surface area contributed by atoms with E-state index in [1.165, 1.54) is 0 Å². The Hall–Kier alpha value is -1.67. The average molecular weight is 465 g/mol. The molecule has 1 aromatic carbocycles. The summed E-state index contributed by atoms with van der Waals surface area (Å²) < 4.78 is 5.58. The van der Waals surface area contributed by atoms with Gasteiger partial charge in [0.15, 0.2) is 5.78 Å². The lowest BCUT2D eigenvalue weighted by Gasteiger charge is -2.40. The first kappa shape index (κ1) is 25.0. The van der Waals surface area contributed by atoms with Crippen molar-refractivity contribution in [3.8, 4) is 0 Å². The van der Waals surface area contributed by atoms with Crippen LogP contribution in [0.5, 0.6) is 0 Å². The molecule has 3 aliphatic rings. The maximum Gasteiger partial charge on any atom is 0.225 e. The van der Waals surface area contributed by atoms with Gasteiger partial charge >= 0.3 is 0 Å². The quantitative estimate of drug-likeness (QED) is 0.673. The van der Waals surface area contributed by atoms with E-state index in [2.05, 4.69) is 33.9 Å². The molecule has 3 saturated heterocycles. The minimum Gasteiger partial charge on any atom is -0.371 e. The highest BCUT2D eigenvalue weighted by molar-refractivity contribution is 6.00. The van der Waals surface area contributed by atoms with Crippen molar-refractivity contribution in [1.82, 2.24) is 15.1 Å². The average Bonchev–Trinajstić information content (AvgIpc) is 2.84. The predicted molar refractivity (Wildman–Crippen MR) is 129 cm³/mol. The maximum atomic E-state index is 13.0. The number of rotatable bonds is 5. The zero-order valence-corrected chi connectivity index (χ0v) is 20.1. The standard InChI is InChI=1S/C24H36N4O3.ClH/c1-18(2)26-12-14-28(15-13-26)24(30)20-7-10-27(11-8-20)21-5-3-19(4-6-21)23(29)22-17-25-9-16-31-22;/h3-6,18,20,22,25H,7-17H2,1-2H3;1H. The third-order valence-electron chi connectivity index (χ3n) is 6.94. The van der Waals surface area contributed by atoms with Gasteiger partial charge in [-0.2, -0.15) is 0 Å². The van der Waals surface area contributed by atoms with Gasteiger partial charge in [-0.1, -0.05) is 0 Å². The van der Waals surface area contributed by atoms with Gasteiger partial charge in [0.05, 0.1) is 6.61 Å². The molecule has 1 aromatic rings. The molecule has 1 unspecified atom stereocenters. The molecule has 8 heteroatoms. The molecule has 7 nitrogen and oxygen atoms in total. The summed E-state index contributed by atoms with van der Waals surface area (Å²) in [5, 5.41) is 3.20. The molecule has 4 rings (SSSR count). The van der Waals surface area contributed by atoms with Gasteiger partial charge in [0.25, 0.3) is 0 Å². The number of nitrogens with zero attached hydrogens (tertiary/aromatic N) is 3. The third-order valence-corrected chi connectivity index (χ3v) is 6.94. The number of nitrogens with one attached hydrogen (secondary N) is 1. The molecule has 0 aromatic heterocycles. The largest absolute Gasteiger partial charge is 0.371 e. The molecule has 1 atom stereocenters. The monoisotopic (exact) mass is 464 g/mol. The van der Waals surface area contributed by atoms with Gasteiger partial charge in [-0.15, -0.1) is 12.4 Å². The molecule has 0 spiro atoms. The Balaban J connectivity index is 0.00000289. The number of piperazine rings is 1. The Morgan fingerprint density at radius 3 is 2.22 bits per heavy atom. The smallest absolute Gasteiger partial charge is 0.225 e. The second kappa shape index (κ2) is 11.5. The van der Waals surface area contributed by atoms with Gasteiger partial charge in [-0.3, -0.25) is 14.5 Å². The number of anilines is 1. The van der Waals surface area contributed by atoms with Crippen molar-refractivity contribution in [3.05, 3.63) is 29.8 Å². The fraction of sp³-hybridized carbons (Fsp3) is 0.667. The molecule has 0 saturated carbocycles. The van der Waals surface area contributed by atoms with E-state index in [0.29, 0.717) is 30.7 Å². The fourth-order valence-corrected chi connectivity index (χ4v) is 4.86. The predicted octanol–water partition coefficient (Wildman–Crippen LogP) is 2.05. The lowest BCUT2D eigenvalue weighted by atomic mass is 9.94. The number of halogens is 1. The number of hydrogen-bond acceptors (Lipinski definition) is 6. The number of amides is 1. The van der Waals surface area contributed by atoms with E-state index in [0.717, 1.165) is 64.3 Å². The number of carbonyl (C=O) groups is 2. The number of piperidine rings is 1. The Bertz CT molecular complexity index is 751. The fourth-order valence-electron chi connectivity index (χ4n) is 4.86. The first-order valence-corrected chi connectivity index (χ1v) is 11.8. The summed E-state index contributed by atoms with van der Waals surface area (Å²) in [6.45, 7) is 11.8.